The van der Waals surface area contributed by atoms with E-state index in [0.29, 0.717) is 0 Å². The summed E-state index contributed by atoms with van der Waals surface area (Å²) in [5.74, 6) is -2.48. The second kappa shape index (κ2) is 5.52. The van der Waals surface area contributed by atoms with E-state index in [-0.39, 0.29) is 11.3 Å². The summed E-state index contributed by atoms with van der Waals surface area (Å²) in [6.07, 6.45) is 3.15. The van der Waals surface area contributed by atoms with Crippen molar-refractivity contribution in [1.82, 2.24) is 9.78 Å². The van der Waals surface area contributed by atoms with E-state index in [9.17, 15) is 14.0 Å². The fourth-order valence-electron chi connectivity index (χ4n) is 1.62. The normalized spacial score (nSPS) is 11.9. The first-order valence-electron chi connectivity index (χ1n) is 5.82. The van der Waals surface area contributed by atoms with Crippen LogP contribution in [-0.2, 0) is 4.79 Å². The number of anilines is 1. The maximum atomic E-state index is 13.7. The molecule has 2 N–H and O–H groups in total. The predicted octanol–water partition coefficient (Wildman–Crippen LogP) is 1.92. The molecule has 1 heterocycles. The maximum absolute atomic E-state index is 13.7. The van der Waals surface area contributed by atoms with Crippen molar-refractivity contribution < 1.29 is 19.1 Å². The number of carbonyl (C=O) groups excluding carboxylic acids is 1. The lowest BCUT2D eigenvalue weighted by molar-refractivity contribution is -0.119. The number of carboxylic acids is 1. The van der Waals surface area contributed by atoms with Crippen LogP contribution in [0.5, 0.6) is 0 Å². The summed E-state index contributed by atoms with van der Waals surface area (Å²) in [6, 6.07) is 4.36. The van der Waals surface area contributed by atoms with Crippen molar-refractivity contribution in [3.63, 3.8) is 0 Å². The summed E-state index contributed by atoms with van der Waals surface area (Å²) in [6.45, 7) is 1.62. The van der Waals surface area contributed by atoms with Gasteiger partial charge < -0.3 is 10.4 Å². The number of rotatable bonds is 4. The van der Waals surface area contributed by atoms with Gasteiger partial charge in [-0.2, -0.15) is 5.10 Å². The number of aromatic nitrogens is 2. The summed E-state index contributed by atoms with van der Waals surface area (Å²) < 4.78 is 15.1. The van der Waals surface area contributed by atoms with Crippen LogP contribution in [0.15, 0.2) is 36.7 Å². The van der Waals surface area contributed by atoms with Gasteiger partial charge in [-0.15, -0.1) is 0 Å². The molecule has 0 spiro atoms. The minimum atomic E-state index is -1.23. The van der Waals surface area contributed by atoms with Gasteiger partial charge in [0.2, 0.25) is 5.91 Å². The molecule has 0 aliphatic heterocycles. The van der Waals surface area contributed by atoms with E-state index >= 15 is 0 Å². The number of carbonyl (C=O) groups is 2. The molecule has 0 saturated heterocycles. The quantitative estimate of drug-likeness (QED) is 0.894. The van der Waals surface area contributed by atoms with Crippen molar-refractivity contribution >= 4 is 17.6 Å². The Balaban J connectivity index is 2.14. The van der Waals surface area contributed by atoms with Crippen molar-refractivity contribution in [3.8, 4) is 0 Å². The van der Waals surface area contributed by atoms with E-state index in [0.717, 1.165) is 6.07 Å². The molecule has 0 aliphatic rings. The molecule has 0 saturated carbocycles. The summed E-state index contributed by atoms with van der Waals surface area (Å²) >= 11 is 0. The van der Waals surface area contributed by atoms with Gasteiger partial charge in [-0.1, -0.05) is 0 Å². The van der Waals surface area contributed by atoms with E-state index in [1.54, 1.807) is 19.2 Å². The van der Waals surface area contributed by atoms with Crippen LogP contribution in [0.4, 0.5) is 10.1 Å². The summed E-state index contributed by atoms with van der Waals surface area (Å²) in [7, 11) is 0. The van der Waals surface area contributed by atoms with Crippen LogP contribution < -0.4 is 5.32 Å². The fourth-order valence-corrected chi connectivity index (χ4v) is 1.62. The number of benzene rings is 1. The largest absolute Gasteiger partial charge is 0.478 e. The van der Waals surface area contributed by atoms with Crippen LogP contribution in [0.25, 0.3) is 0 Å². The molecule has 0 radical (unpaired) electrons. The molecule has 2 rings (SSSR count). The van der Waals surface area contributed by atoms with Gasteiger partial charge in [0.1, 0.15) is 11.9 Å². The maximum Gasteiger partial charge on any atom is 0.335 e. The summed E-state index contributed by atoms with van der Waals surface area (Å²) in [5.41, 5.74) is -0.250. The summed E-state index contributed by atoms with van der Waals surface area (Å²) in [5, 5.41) is 15.0. The third kappa shape index (κ3) is 2.82. The molecule has 0 fully saturated rings. The first-order chi connectivity index (χ1) is 9.49. The smallest absolute Gasteiger partial charge is 0.335 e. The number of nitrogens with zero attached hydrogens (tertiary/aromatic N) is 2. The second-order valence-corrected chi connectivity index (χ2v) is 4.15. The fraction of sp³-hybridized carbons (Fsp3) is 0.154. The van der Waals surface area contributed by atoms with Crippen LogP contribution in [0, 0.1) is 5.82 Å². The molecule has 2 aromatic rings. The van der Waals surface area contributed by atoms with E-state index in [1.165, 1.54) is 23.0 Å². The molecule has 1 amide bonds. The van der Waals surface area contributed by atoms with Crippen LogP contribution in [0.3, 0.4) is 0 Å². The highest BCUT2D eigenvalue weighted by Gasteiger charge is 2.17. The van der Waals surface area contributed by atoms with Gasteiger partial charge in [-0.05, 0) is 31.2 Å². The van der Waals surface area contributed by atoms with Crippen molar-refractivity contribution in [2.24, 2.45) is 0 Å². The first kappa shape index (κ1) is 13.7. The summed E-state index contributed by atoms with van der Waals surface area (Å²) in [4.78, 5) is 22.6. The molecule has 1 aromatic carbocycles. The average Bonchev–Trinajstić information content (AvgIpc) is 2.93. The molecule has 0 bridgehead atoms. The zero-order valence-corrected chi connectivity index (χ0v) is 10.6. The van der Waals surface area contributed by atoms with E-state index < -0.39 is 23.7 Å². The number of aromatic carboxylic acids is 1. The van der Waals surface area contributed by atoms with Crippen molar-refractivity contribution in [2.45, 2.75) is 13.0 Å². The van der Waals surface area contributed by atoms with Crippen LogP contribution in [-0.4, -0.2) is 26.8 Å². The van der Waals surface area contributed by atoms with Gasteiger partial charge in [0.25, 0.3) is 0 Å². The Bertz CT molecular complexity index is 640. The van der Waals surface area contributed by atoms with Gasteiger partial charge in [-0.25, -0.2) is 9.18 Å². The first-order valence-corrected chi connectivity index (χ1v) is 5.82. The molecular formula is C13H12FN3O3. The lowest BCUT2D eigenvalue weighted by atomic mass is 10.2. The lowest BCUT2D eigenvalue weighted by Gasteiger charge is -2.13. The number of carboxylic acid groups (broad SMARTS) is 1. The molecule has 20 heavy (non-hydrogen) atoms. The molecule has 1 aromatic heterocycles. The van der Waals surface area contributed by atoms with Crippen molar-refractivity contribution in [3.05, 3.63) is 48.0 Å². The van der Waals surface area contributed by atoms with Gasteiger partial charge >= 0.3 is 5.97 Å². The van der Waals surface area contributed by atoms with Crippen molar-refractivity contribution in [2.75, 3.05) is 5.32 Å². The molecule has 104 valence electrons. The van der Waals surface area contributed by atoms with Gasteiger partial charge in [-0.3, -0.25) is 9.48 Å². The molecule has 1 atom stereocenters. The van der Waals surface area contributed by atoms with E-state index in [1.807, 2.05) is 0 Å². The number of nitrogens with one attached hydrogen (secondary N) is 1. The number of halogens is 1. The zero-order valence-electron chi connectivity index (χ0n) is 10.6. The third-order valence-corrected chi connectivity index (χ3v) is 2.78. The monoisotopic (exact) mass is 277 g/mol. The Kier molecular flexibility index (Phi) is 3.79. The zero-order chi connectivity index (χ0) is 14.7. The van der Waals surface area contributed by atoms with Crippen LogP contribution >= 0.6 is 0 Å². The molecule has 1 unspecified atom stereocenters. The Labute approximate surface area is 113 Å². The SMILES string of the molecule is CC(C(=O)Nc1ccc(C(=O)O)cc1F)n1cccn1. The Morgan fingerprint density at radius 2 is 2.20 bits per heavy atom. The predicted molar refractivity (Wildman–Crippen MR) is 68.9 cm³/mol. The minimum Gasteiger partial charge on any atom is -0.478 e. The number of amides is 1. The lowest BCUT2D eigenvalue weighted by Crippen LogP contribution is -2.24. The second-order valence-electron chi connectivity index (χ2n) is 4.15. The topological polar surface area (TPSA) is 84.2 Å². The Morgan fingerprint density at radius 1 is 1.45 bits per heavy atom. The van der Waals surface area contributed by atoms with Crippen LogP contribution in [0.1, 0.15) is 23.3 Å². The van der Waals surface area contributed by atoms with E-state index in [4.69, 9.17) is 5.11 Å². The molecular weight excluding hydrogens is 265 g/mol. The Morgan fingerprint density at radius 3 is 2.75 bits per heavy atom. The standard InChI is InChI=1S/C13H12FN3O3/c1-8(17-6-2-5-15-17)12(18)16-11-4-3-9(13(19)20)7-10(11)14/h2-8H,1H3,(H,16,18)(H,19,20). The Hall–Kier alpha value is -2.70. The highest BCUT2D eigenvalue weighted by molar-refractivity contribution is 5.94. The van der Waals surface area contributed by atoms with Gasteiger partial charge in [0, 0.05) is 12.4 Å². The molecule has 6 nitrogen and oxygen atoms in total. The highest BCUT2D eigenvalue weighted by atomic mass is 19.1. The van der Waals surface area contributed by atoms with Gasteiger partial charge in [0.05, 0.1) is 11.3 Å². The number of hydrogen-bond acceptors (Lipinski definition) is 3. The van der Waals surface area contributed by atoms with Gasteiger partial charge in [0.15, 0.2) is 0 Å². The minimum absolute atomic E-state index is 0.0704. The molecule has 7 heteroatoms. The van der Waals surface area contributed by atoms with Crippen molar-refractivity contribution in [1.29, 1.82) is 0 Å². The highest BCUT2D eigenvalue weighted by Crippen LogP contribution is 2.17. The third-order valence-electron chi connectivity index (χ3n) is 2.78. The number of hydrogen-bond donors (Lipinski definition) is 2. The van der Waals surface area contributed by atoms with E-state index in [2.05, 4.69) is 10.4 Å². The average molecular weight is 277 g/mol. The molecule has 0 aliphatic carbocycles. The van der Waals surface area contributed by atoms with Crippen LogP contribution in [0.2, 0.25) is 0 Å².